The predicted molar refractivity (Wildman–Crippen MR) is 124 cm³/mol. The molecule has 0 spiro atoms. The van der Waals surface area contributed by atoms with Crippen LogP contribution < -0.4 is 5.32 Å². The van der Waals surface area contributed by atoms with Crippen molar-refractivity contribution in [2.24, 2.45) is 7.05 Å². The number of aromatic amines is 1. The molecule has 0 aliphatic carbocycles. The van der Waals surface area contributed by atoms with Gasteiger partial charge in [-0.05, 0) is 53.8 Å². The van der Waals surface area contributed by atoms with Crippen molar-refractivity contribution in [3.05, 3.63) is 89.2 Å². The first kappa shape index (κ1) is 19.3. The summed E-state index contributed by atoms with van der Waals surface area (Å²) in [6.07, 6.45) is 1.74. The number of para-hydroxylation sites is 2. The van der Waals surface area contributed by atoms with Crippen LogP contribution in [0.5, 0.6) is 0 Å². The summed E-state index contributed by atoms with van der Waals surface area (Å²) in [6, 6.07) is 21.8. The monoisotopic (exact) mass is 427 g/mol. The van der Waals surface area contributed by atoms with Crippen molar-refractivity contribution in [1.29, 1.82) is 0 Å². The molecule has 3 heterocycles. The van der Waals surface area contributed by atoms with Crippen molar-refractivity contribution >= 4 is 34.0 Å². The first-order valence-electron chi connectivity index (χ1n) is 10.1. The van der Waals surface area contributed by atoms with Gasteiger partial charge in [0.15, 0.2) is 5.69 Å². The molecule has 2 N–H and O–H groups in total. The van der Waals surface area contributed by atoms with Crippen molar-refractivity contribution < 1.29 is 4.79 Å². The van der Waals surface area contributed by atoms with Gasteiger partial charge in [0.25, 0.3) is 5.91 Å². The van der Waals surface area contributed by atoms with Gasteiger partial charge < -0.3 is 9.88 Å². The summed E-state index contributed by atoms with van der Waals surface area (Å²) in [5, 5.41) is 12.0. The molecular formula is C24H21N5OS. The maximum atomic E-state index is 12.5. The van der Waals surface area contributed by atoms with Gasteiger partial charge in [-0.1, -0.05) is 30.3 Å². The van der Waals surface area contributed by atoms with E-state index in [1.54, 1.807) is 17.4 Å². The molecule has 0 fully saturated rings. The summed E-state index contributed by atoms with van der Waals surface area (Å²) in [4.78, 5) is 18.3. The van der Waals surface area contributed by atoms with E-state index < -0.39 is 0 Å². The number of carbonyl (C=O) groups excluding carboxylic acids is 1. The van der Waals surface area contributed by atoms with E-state index in [9.17, 15) is 4.79 Å². The number of aromatic nitrogens is 4. The zero-order chi connectivity index (χ0) is 21.2. The minimum absolute atomic E-state index is 0.230. The third-order valence-corrected chi connectivity index (χ3v) is 6.23. The van der Waals surface area contributed by atoms with Crippen LogP contribution in [0.25, 0.3) is 21.6 Å². The van der Waals surface area contributed by atoms with Gasteiger partial charge in [-0.3, -0.25) is 9.89 Å². The van der Waals surface area contributed by atoms with Crippen LogP contribution in [0, 0.1) is 0 Å². The van der Waals surface area contributed by atoms with E-state index in [2.05, 4.69) is 33.2 Å². The van der Waals surface area contributed by atoms with Crippen LogP contribution in [-0.4, -0.2) is 25.7 Å². The number of rotatable bonds is 6. The highest BCUT2D eigenvalue weighted by Crippen LogP contribution is 2.23. The molecule has 5 rings (SSSR count). The van der Waals surface area contributed by atoms with Crippen LogP contribution in [0.3, 0.4) is 0 Å². The average Bonchev–Trinajstić information content (AvgIpc) is 3.54. The number of fused-ring (bicyclic) bond motifs is 1. The highest BCUT2D eigenvalue weighted by Gasteiger charge is 2.12. The number of aryl methyl sites for hydroxylation is 3. The lowest BCUT2D eigenvalue weighted by Gasteiger charge is -2.06. The number of amides is 1. The molecule has 31 heavy (non-hydrogen) atoms. The van der Waals surface area contributed by atoms with Crippen molar-refractivity contribution in [2.45, 2.75) is 12.8 Å². The molecule has 154 valence electrons. The van der Waals surface area contributed by atoms with E-state index in [0.29, 0.717) is 5.69 Å². The molecule has 0 atom stereocenters. The summed E-state index contributed by atoms with van der Waals surface area (Å²) in [5.41, 5.74) is 5.34. The highest BCUT2D eigenvalue weighted by atomic mass is 32.1. The molecule has 0 aliphatic rings. The molecule has 0 unspecified atom stereocenters. The van der Waals surface area contributed by atoms with Crippen LogP contribution in [0.2, 0.25) is 0 Å². The fourth-order valence-corrected chi connectivity index (χ4v) is 4.31. The first-order valence-corrected chi connectivity index (χ1v) is 11.0. The molecule has 0 radical (unpaired) electrons. The smallest absolute Gasteiger partial charge is 0.276 e. The first-order chi connectivity index (χ1) is 15.2. The molecule has 5 aromatic rings. The zero-order valence-electron chi connectivity index (χ0n) is 17.0. The molecule has 1 amide bonds. The summed E-state index contributed by atoms with van der Waals surface area (Å²) in [5.74, 6) is 0.838. The number of benzene rings is 2. The Morgan fingerprint density at radius 3 is 2.68 bits per heavy atom. The number of hydrogen-bond donors (Lipinski definition) is 2. The Hall–Kier alpha value is -3.71. The number of imidazole rings is 1. The standard InChI is InChI=1S/C24H21N5OS/c1-29-21-6-3-2-5-18(21)26-23(29)13-10-16-8-11-17(12-9-16)25-24(30)20-15-19(27-28-20)22-7-4-14-31-22/h2-9,11-12,14-15H,10,13H2,1H3,(H,25,30)(H,27,28). The molecule has 2 aromatic carbocycles. The predicted octanol–water partition coefficient (Wildman–Crippen LogP) is 5.06. The Kier molecular flexibility index (Phi) is 5.09. The Bertz CT molecular complexity index is 1330. The normalized spacial score (nSPS) is 11.1. The van der Waals surface area contributed by atoms with Crippen LogP contribution >= 0.6 is 11.3 Å². The van der Waals surface area contributed by atoms with Crippen molar-refractivity contribution in [1.82, 2.24) is 19.7 Å². The van der Waals surface area contributed by atoms with Crippen LogP contribution in [0.1, 0.15) is 21.9 Å². The maximum absolute atomic E-state index is 12.5. The Morgan fingerprint density at radius 2 is 1.90 bits per heavy atom. The van der Waals surface area contributed by atoms with Gasteiger partial charge in [-0.15, -0.1) is 11.3 Å². The summed E-state index contributed by atoms with van der Waals surface area (Å²) in [6.45, 7) is 0. The number of anilines is 1. The largest absolute Gasteiger partial charge is 0.331 e. The minimum Gasteiger partial charge on any atom is -0.331 e. The van der Waals surface area contributed by atoms with E-state index in [1.807, 2.05) is 60.0 Å². The fourth-order valence-electron chi connectivity index (χ4n) is 3.62. The SMILES string of the molecule is Cn1c(CCc2ccc(NC(=O)c3cc(-c4cccs4)[nH]n3)cc2)nc2ccccc21. The van der Waals surface area contributed by atoms with Gasteiger partial charge in [-0.25, -0.2) is 4.98 Å². The second-order valence-corrected chi connectivity index (χ2v) is 8.32. The van der Waals surface area contributed by atoms with Gasteiger partial charge in [0.2, 0.25) is 0 Å². The molecule has 3 aromatic heterocycles. The molecule has 0 saturated carbocycles. The average molecular weight is 428 g/mol. The molecular weight excluding hydrogens is 406 g/mol. The van der Waals surface area contributed by atoms with Gasteiger partial charge in [0.05, 0.1) is 21.6 Å². The van der Waals surface area contributed by atoms with Crippen LogP contribution in [0.15, 0.2) is 72.1 Å². The summed E-state index contributed by atoms with van der Waals surface area (Å²) < 4.78 is 2.15. The molecule has 0 aliphatic heterocycles. The number of thiophene rings is 1. The maximum Gasteiger partial charge on any atom is 0.276 e. The van der Waals surface area contributed by atoms with Crippen molar-refractivity contribution in [3.8, 4) is 10.6 Å². The summed E-state index contributed by atoms with van der Waals surface area (Å²) >= 11 is 1.60. The van der Waals surface area contributed by atoms with Crippen LogP contribution in [0.4, 0.5) is 5.69 Å². The van der Waals surface area contributed by atoms with Gasteiger partial charge >= 0.3 is 0 Å². The molecule has 0 saturated heterocycles. The second kappa shape index (κ2) is 8.20. The van der Waals surface area contributed by atoms with Crippen LogP contribution in [-0.2, 0) is 19.9 Å². The summed E-state index contributed by atoms with van der Waals surface area (Å²) in [7, 11) is 2.06. The zero-order valence-corrected chi connectivity index (χ0v) is 17.8. The number of hydrogen-bond acceptors (Lipinski definition) is 4. The lowest BCUT2D eigenvalue weighted by atomic mass is 10.1. The number of nitrogens with one attached hydrogen (secondary N) is 2. The second-order valence-electron chi connectivity index (χ2n) is 7.37. The third kappa shape index (κ3) is 4.00. The van der Waals surface area contributed by atoms with E-state index in [4.69, 9.17) is 4.98 Å². The Labute approximate surface area is 183 Å². The van der Waals surface area contributed by atoms with E-state index in [1.165, 1.54) is 5.56 Å². The Balaban J connectivity index is 1.22. The highest BCUT2D eigenvalue weighted by molar-refractivity contribution is 7.13. The fraction of sp³-hybridized carbons (Fsp3) is 0.125. The quantitative estimate of drug-likeness (QED) is 0.398. The van der Waals surface area contributed by atoms with E-state index >= 15 is 0 Å². The van der Waals surface area contributed by atoms with E-state index in [0.717, 1.165) is 46.0 Å². The third-order valence-electron chi connectivity index (χ3n) is 5.33. The minimum atomic E-state index is -0.230. The van der Waals surface area contributed by atoms with Crippen molar-refractivity contribution in [3.63, 3.8) is 0 Å². The number of carbonyl (C=O) groups is 1. The van der Waals surface area contributed by atoms with Gasteiger partial charge in [0.1, 0.15) is 5.82 Å². The van der Waals surface area contributed by atoms with E-state index in [-0.39, 0.29) is 5.91 Å². The van der Waals surface area contributed by atoms with Gasteiger partial charge in [-0.2, -0.15) is 5.10 Å². The topological polar surface area (TPSA) is 75.6 Å². The molecule has 0 bridgehead atoms. The Morgan fingerprint density at radius 1 is 1.06 bits per heavy atom. The van der Waals surface area contributed by atoms with Gasteiger partial charge in [0, 0.05) is 19.2 Å². The molecule has 7 heteroatoms. The number of H-pyrrole nitrogens is 1. The lowest BCUT2D eigenvalue weighted by molar-refractivity contribution is 0.102. The lowest BCUT2D eigenvalue weighted by Crippen LogP contribution is -2.12. The molecule has 6 nitrogen and oxygen atoms in total. The van der Waals surface area contributed by atoms with Crippen molar-refractivity contribution in [2.75, 3.05) is 5.32 Å². The number of nitrogens with zero attached hydrogens (tertiary/aromatic N) is 3.